The summed E-state index contributed by atoms with van der Waals surface area (Å²) >= 11 is 0. The summed E-state index contributed by atoms with van der Waals surface area (Å²) in [5.74, 6) is 1.25. The number of anilines is 2. The van der Waals surface area contributed by atoms with Crippen molar-refractivity contribution < 1.29 is 17.9 Å². The first-order valence-corrected chi connectivity index (χ1v) is 8.93. The molecular formula is C18H24F3N5O. The van der Waals surface area contributed by atoms with Crippen molar-refractivity contribution >= 4 is 11.5 Å². The fraction of sp³-hybridized carbons (Fsp3) is 0.556. The predicted molar refractivity (Wildman–Crippen MR) is 96.9 cm³/mol. The van der Waals surface area contributed by atoms with E-state index in [0.717, 1.165) is 36.2 Å². The van der Waals surface area contributed by atoms with Crippen molar-refractivity contribution in [3.8, 4) is 0 Å². The summed E-state index contributed by atoms with van der Waals surface area (Å²) in [5, 5.41) is 7.86. The van der Waals surface area contributed by atoms with E-state index in [1.165, 1.54) is 12.3 Å². The molecule has 2 aromatic heterocycles. The molecule has 1 N–H and O–H groups in total. The zero-order valence-corrected chi connectivity index (χ0v) is 15.7. The van der Waals surface area contributed by atoms with E-state index < -0.39 is 11.9 Å². The second-order valence-electron chi connectivity index (χ2n) is 6.85. The molecule has 0 bridgehead atoms. The minimum Gasteiger partial charge on any atom is -0.380 e. The number of halogens is 3. The van der Waals surface area contributed by atoms with E-state index >= 15 is 0 Å². The Hall–Kier alpha value is -2.29. The fourth-order valence-corrected chi connectivity index (χ4v) is 3.24. The third-order valence-corrected chi connectivity index (χ3v) is 4.52. The highest BCUT2D eigenvalue weighted by atomic mass is 19.4. The average Bonchev–Trinajstić information content (AvgIpc) is 2.97. The Morgan fingerprint density at radius 2 is 1.93 bits per heavy atom. The molecule has 1 fully saturated rings. The molecule has 1 aliphatic heterocycles. The maximum absolute atomic E-state index is 12.7. The number of alkyl halides is 3. The second kappa shape index (κ2) is 7.75. The van der Waals surface area contributed by atoms with Crippen LogP contribution in [0.25, 0.3) is 0 Å². The number of aromatic nitrogens is 3. The minimum absolute atomic E-state index is 0.230. The Labute approximate surface area is 156 Å². The van der Waals surface area contributed by atoms with Crippen LogP contribution in [0.4, 0.5) is 24.7 Å². The van der Waals surface area contributed by atoms with Gasteiger partial charge in [0.1, 0.15) is 11.5 Å². The van der Waals surface area contributed by atoms with Crippen LogP contribution >= 0.6 is 0 Å². The average molecular weight is 383 g/mol. The highest BCUT2D eigenvalue weighted by molar-refractivity contribution is 5.54. The molecule has 1 saturated heterocycles. The highest BCUT2D eigenvalue weighted by Gasteiger charge is 2.32. The maximum atomic E-state index is 12.7. The summed E-state index contributed by atoms with van der Waals surface area (Å²) in [6.45, 7) is 7.51. The first kappa shape index (κ1) is 19.5. The molecule has 0 saturated carbocycles. The number of hydrogen-bond acceptors (Lipinski definition) is 5. The van der Waals surface area contributed by atoms with E-state index in [0.29, 0.717) is 25.4 Å². The molecule has 0 amide bonds. The van der Waals surface area contributed by atoms with Crippen molar-refractivity contribution in [2.45, 2.75) is 32.5 Å². The lowest BCUT2D eigenvalue weighted by Gasteiger charge is -2.29. The summed E-state index contributed by atoms with van der Waals surface area (Å²) in [4.78, 5) is 5.74. The van der Waals surface area contributed by atoms with Gasteiger partial charge in [0.15, 0.2) is 0 Å². The fourth-order valence-electron chi connectivity index (χ4n) is 3.24. The molecular weight excluding hydrogens is 359 g/mol. The van der Waals surface area contributed by atoms with Gasteiger partial charge in [-0.05, 0) is 18.1 Å². The first-order chi connectivity index (χ1) is 12.8. The highest BCUT2D eigenvalue weighted by Crippen LogP contribution is 2.31. The van der Waals surface area contributed by atoms with Gasteiger partial charge >= 0.3 is 6.18 Å². The first-order valence-electron chi connectivity index (χ1n) is 8.93. The molecule has 2 aromatic rings. The number of aryl methyl sites for hydroxylation is 1. The molecule has 0 spiro atoms. The number of nitrogens with zero attached hydrogens (tertiary/aromatic N) is 4. The lowest BCUT2D eigenvalue weighted by Crippen LogP contribution is -2.38. The normalized spacial score (nSPS) is 15.4. The third-order valence-electron chi connectivity index (χ3n) is 4.52. The smallest absolute Gasteiger partial charge is 0.380 e. The van der Waals surface area contributed by atoms with E-state index in [-0.39, 0.29) is 5.92 Å². The number of nitrogens with one attached hydrogen (secondary N) is 1. The van der Waals surface area contributed by atoms with Gasteiger partial charge in [0, 0.05) is 32.2 Å². The van der Waals surface area contributed by atoms with Crippen LogP contribution in [0, 0.1) is 0 Å². The molecule has 3 heterocycles. The zero-order valence-electron chi connectivity index (χ0n) is 15.7. The summed E-state index contributed by atoms with van der Waals surface area (Å²) in [6, 6.07) is 2.38. The Morgan fingerprint density at radius 3 is 2.48 bits per heavy atom. The van der Waals surface area contributed by atoms with Gasteiger partial charge in [-0.1, -0.05) is 13.8 Å². The van der Waals surface area contributed by atoms with Crippen LogP contribution in [-0.2, 0) is 24.5 Å². The van der Waals surface area contributed by atoms with Gasteiger partial charge in [0.25, 0.3) is 0 Å². The molecule has 27 heavy (non-hydrogen) atoms. The molecule has 0 aromatic carbocycles. The van der Waals surface area contributed by atoms with E-state index in [2.05, 4.69) is 34.1 Å². The van der Waals surface area contributed by atoms with Gasteiger partial charge in [-0.2, -0.15) is 18.3 Å². The topological polar surface area (TPSA) is 55.2 Å². The largest absolute Gasteiger partial charge is 0.433 e. The van der Waals surface area contributed by atoms with Crippen LogP contribution in [0.2, 0.25) is 0 Å². The van der Waals surface area contributed by atoms with E-state index in [1.807, 2.05) is 11.7 Å². The van der Waals surface area contributed by atoms with Crippen LogP contribution in [0.5, 0.6) is 0 Å². The molecule has 0 unspecified atom stereocenters. The van der Waals surface area contributed by atoms with Crippen LogP contribution in [0.3, 0.4) is 0 Å². The molecule has 148 valence electrons. The van der Waals surface area contributed by atoms with E-state index in [4.69, 9.17) is 4.74 Å². The second-order valence-corrected chi connectivity index (χ2v) is 6.85. The summed E-state index contributed by atoms with van der Waals surface area (Å²) in [6.07, 6.45) is -3.22. The van der Waals surface area contributed by atoms with Gasteiger partial charge in [0.2, 0.25) is 0 Å². The number of hydrogen-bond donors (Lipinski definition) is 1. The number of morpholine rings is 1. The number of ether oxygens (including phenoxy) is 1. The van der Waals surface area contributed by atoms with Crippen LogP contribution in [-0.4, -0.2) is 41.1 Å². The van der Waals surface area contributed by atoms with Crippen molar-refractivity contribution in [2.24, 2.45) is 7.05 Å². The quantitative estimate of drug-likeness (QED) is 0.858. The third kappa shape index (κ3) is 4.35. The summed E-state index contributed by atoms with van der Waals surface area (Å²) in [7, 11) is 1.92. The summed E-state index contributed by atoms with van der Waals surface area (Å²) in [5.41, 5.74) is 1.67. The zero-order chi connectivity index (χ0) is 19.6. The van der Waals surface area contributed by atoms with Crippen LogP contribution < -0.4 is 10.2 Å². The Bertz CT molecular complexity index is 765. The van der Waals surface area contributed by atoms with Gasteiger partial charge in [0.05, 0.1) is 30.8 Å². The van der Waals surface area contributed by atoms with Crippen molar-refractivity contribution in [3.63, 3.8) is 0 Å². The van der Waals surface area contributed by atoms with Crippen molar-refractivity contribution in [2.75, 3.05) is 36.5 Å². The Morgan fingerprint density at radius 1 is 1.22 bits per heavy atom. The van der Waals surface area contributed by atoms with Crippen LogP contribution in [0.1, 0.15) is 36.7 Å². The van der Waals surface area contributed by atoms with Gasteiger partial charge < -0.3 is 15.0 Å². The SMILES string of the molecule is CC(C)c1nn(C)c(N2CCOCC2)c1CNc1ccc(C(F)(F)F)nc1. The van der Waals surface area contributed by atoms with Crippen LogP contribution in [0.15, 0.2) is 18.3 Å². The molecule has 0 aliphatic carbocycles. The predicted octanol–water partition coefficient (Wildman–Crippen LogP) is 3.41. The van der Waals surface area contributed by atoms with E-state index in [1.54, 1.807) is 0 Å². The maximum Gasteiger partial charge on any atom is 0.433 e. The Balaban J connectivity index is 1.82. The molecule has 6 nitrogen and oxygen atoms in total. The minimum atomic E-state index is -4.43. The number of rotatable bonds is 5. The standard InChI is InChI=1S/C18H24F3N5O/c1-12(2)16-14(17(25(3)24-16)26-6-8-27-9-7-26)11-22-13-4-5-15(23-10-13)18(19,20)21/h4-5,10,12,22H,6-9,11H2,1-3H3. The molecule has 0 radical (unpaired) electrons. The monoisotopic (exact) mass is 383 g/mol. The molecule has 1 aliphatic rings. The van der Waals surface area contributed by atoms with Gasteiger partial charge in [-0.15, -0.1) is 0 Å². The molecule has 0 atom stereocenters. The van der Waals surface area contributed by atoms with Crippen molar-refractivity contribution in [1.82, 2.24) is 14.8 Å². The summed E-state index contributed by atoms with van der Waals surface area (Å²) < 4.78 is 45.3. The van der Waals surface area contributed by atoms with Crippen molar-refractivity contribution in [3.05, 3.63) is 35.3 Å². The lowest BCUT2D eigenvalue weighted by atomic mass is 10.0. The van der Waals surface area contributed by atoms with Crippen molar-refractivity contribution in [1.29, 1.82) is 0 Å². The van der Waals surface area contributed by atoms with E-state index in [9.17, 15) is 13.2 Å². The molecule has 3 rings (SSSR count). The molecule has 9 heteroatoms. The number of pyridine rings is 1. The van der Waals surface area contributed by atoms with Gasteiger partial charge in [-0.25, -0.2) is 4.98 Å². The van der Waals surface area contributed by atoms with Gasteiger partial charge in [-0.3, -0.25) is 4.68 Å². The lowest BCUT2D eigenvalue weighted by molar-refractivity contribution is -0.141. The Kier molecular flexibility index (Phi) is 5.59.